The number of rotatable bonds is 3. The zero-order valence-electron chi connectivity index (χ0n) is 8.88. The molecule has 0 aromatic heterocycles. The highest BCUT2D eigenvalue weighted by Gasteiger charge is 2.23. The van der Waals surface area contributed by atoms with Gasteiger partial charge in [0.25, 0.3) is 0 Å². The van der Waals surface area contributed by atoms with Gasteiger partial charge >= 0.3 is 0 Å². The third kappa shape index (κ3) is 3.25. The number of hydrogen-bond acceptors (Lipinski definition) is 3. The summed E-state index contributed by atoms with van der Waals surface area (Å²) in [4.78, 5) is 0. The minimum absolute atomic E-state index is 0.200. The van der Waals surface area contributed by atoms with Gasteiger partial charge in [0.15, 0.2) is 0 Å². The quantitative estimate of drug-likeness (QED) is 0.595. The lowest BCUT2D eigenvalue weighted by molar-refractivity contribution is 0.133. The van der Waals surface area contributed by atoms with Crippen molar-refractivity contribution in [2.75, 3.05) is 13.1 Å². The first-order valence-corrected chi connectivity index (χ1v) is 5.26. The molecule has 1 fully saturated rings. The smallest absolute Gasteiger partial charge is 0.0662 e. The molecule has 13 heavy (non-hydrogen) atoms. The molecule has 1 rings (SSSR count). The van der Waals surface area contributed by atoms with Crippen LogP contribution in [0.2, 0.25) is 0 Å². The monoisotopic (exact) mass is 186 g/mol. The maximum atomic E-state index is 9.36. The Morgan fingerprint density at radius 2 is 2.15 bits per heavy atom. The first-order chi connectivity index (χ1) is 6.11. The number of hydrogen-bond donors (Lipinski definition) is 3. The Bertz CT molecular complexity index is 150. The predicted octanol–water partition coefficient (Wildman–Crippen LogP) is 0.343. The minimum Gasteiger partial charge on any atom is -0.392 e. The maximum absolute atomic E-state index is 9.36. The third-order valence-electron chi connectivity index (χ3n) is 2.99. The highest BCUT2D eigenvalue weighted by molar-refractivity contribution is 4.83. The largest absolute Gasteiger partial charge is 0.392 e. The van der Waals surface area contributed by atoms with Gasteiger partial charge in [-0.05, 0) is 39.3 Å². The van der Waals surface area contributed by atoms with E-state index in [1.807, 2.05) is 13.8 Å². The molecular formula is C10H22N2O. The van der Waals surface area contributed by atoms with Gasteiger partial charge in [-0.2, -0.15) is 0 Å². The fraction of sp³-hybridized carbons (Fsp3) is 1.00. The Kier molecular flexibility index (Phi) is 4.16. The fourth-order valence-corrected chi connectivity index (χ4v) is 1.74. The van der Waals surface area contributed by atoms with Gasteiger partial charge < -0.3 is 15.7 Å². The van der Waals surface area contributed by atoms with Crippen LogP contribution in [-0.2, 0) is 0 Å². The highest BCUT2D eigenvalue weighted by atomic mass is 16.3. The summed E-state index contributed by atoms with van der Waals surface area (Å²) in [6, 6.07) is 0.761. The van der Waals surface area contributed by atoms with Gasteiger partial charge in [-0.1, -0.05) is 6.92 Å². The van der Waals surface area contributed by atoms with E-state index in [9.17, 15) is 5.11 Å². The number of aliphatic hydroxyl groups is 1. The van der Waals surface area contributed by atoms with Crippen molar-refractivity contribution in [3.8, 4) is 0 Å². The summed E-state index contributed by atoms with van der Waals surface area (Å²) in [5.74, 6) is 0.662. The SMILES string of the molecule is CC(O)C(C)NC1CCNCC1C. The first kappa shape index (κ1) is 11.0. The zero-order valence-corrected chi connectivity index (χ0v) is 8.88. The zero-order chi connectivity index (χ0) is 9.84. The highest BCUT2D eigenvalue weighted by Crippen LogP contribution is 2.11. The molecule has 78 valence electrons. The van der Waals surface area contributed by atoms with Crippen LogP contribution in [0.25, 0.3) is 0 Å². The molecular weight excluding hydrogens is 164 g/mol. The molecule has 0 aromatic carbocycles. The second kappa shape index (κ2) is 4.94. The Balaban J connectivity index is 2.33. The molecule has 0 spiro atoms. The van der Waals surface area contributed by atoms with Gasteiger partial charge in [0.05, 0.1) is 6.10 Å². The molecule has 4 atom stereocenters. The second-order valence-corrected chi connectivity index (χ2v) is 4.27. The van der Waals surface area contributed by atoms with E-state index in [1.165, 1.54) is 0 Å². The molecule has 1 saturated heterocycles. The molecule has 1 aliphatic heterocycles. The number of aliphatic hydroxyl groups excluding tert-OH is 1. The molecule has 0 aromatic rings. The van der Waals surface area contributed by atoms with Crippen LogP contribution in [0.4, 0.5) is 0 Å². The van der Waals surface area contributed by atoms with Crippen LogP contribution in [-0.4, -0.2) is 36.4 Å². The van der Waals surface area contributed by atoms with Crippen molar-refractivity contribution in [1.82, 2.24) is 10.6 Å². The summed E-state index contributed by atoms with van der Waals surface area (Å²) in [6.07, 6.45) is 0.903. The van der Waals surface area contributed by atoms with Gasteiger partial charge in [0.2, 0.25) is 0 Å². The Morgan fingerprint density at radius 3 is 2.69 bits per heavy atom. The van der Waals surface area contributed by atoms with E-state index in [1.54, 1.807) is 0 Å². The van der Waals surface area contributed by atoms with Gasteiger partial charge in [0.1, 0.15) is 0 Å². The van der Waals surface area contributed by atoms with Crippen molar-refractivity contribution < 1.29 is 5.11 Å². The van der Waals surface area contributed by atoms with Crippen molar-refractivity contribution in [1.29, 1.82) is 0 Å². The molecule has 1 aliphatic rings. The molecule has 3 nitrogen and oxygen atoms in total. The maximum Gasteiger partial charge on any atom is 0.0662 e. The molecule has 0 radical (unpaired) electrons. The van der Waals surface area contributed by atoms with Gasteiger partial charge in [0, 0.05) is 12.1 Å². The molecule has 1 heterocycles. The van der Waals surface area contributed by atoms with E-state index in [2.05, 4.69) is 17.6 Å². The Hall–Kier alpha value is -0.120. The summed E-state index contributed by atoms with van der Waals surface area (Å²) in [5, 5.41) is 16.2. The van der Waals surface area contributed by atoms with Crippen LogP contribution in [0.1, 0.15) is 27.2 Å². The van der Waals surface area contributed by atoms with Crippen LogP contribution >= 0.6 is 0 Å². The van der Waals surface area contributed by atoms with Crippen LogP contribution in [0.3, 0.4) is 0 Å². The van der Waals surface area contributed by atoms with Crippen LogP contribution < -0.4 is 10.6 Å². The van der Waals surface area contributed by atoms with E-state index >= 15 is 0 Å². The van der Waals surface area contributed by atoms with Crippen molar-refractivity contribution in [3.63, 3.8) is 0 Å². The second-order valence-electron chi connectivity index (χ2n) is 4.27. The van der Waals surface area contributed by atoms with E-state index in [4.69, 9.17) is 0 Å². The molecule has 3 N–H and O–H groups in total. The first-order valence-electron chi connectivity index (χ1n) is 5.26. The van der Waals surface area contributed by atoms with Crippen LogP contribution in [0.5, 0.6) is 0 Å². The van der Waals surface area contributed by atoms with Crippen LogP contribution in [0, 0.1) is 5.92 Å². The van der Waals surface area contributed by atoms with Crippen LogP contribution in [0.15, 0.2) is 0 Å². The summed E-state index contributed by atoms with van der Waals surface area (Å²) in [5.41, 5.74) is 0. The summed E-state index contributed by atoms with van der Waals surface area (Å²) < 4.78 is 0. The normalized spacial score (nSPS) is 34.2. The van der Waals surface area contributed by atoms with Crippen molar-refractivity contribution in [3.05, 3.63) is 0 Å². The molecule has 0 aliphatic carbocycles. The third-order valence-corrected chi connectivity index (χ3v) is 2.99. The molecule has 3 heteroatoms. The van der Waals surface area contributed by atoms with Crippen molar-refractivity contribution in [2.24, 2.45) is 5.92 Å². The Labute approximate surface area is 80.9 Å². The topological polar surface area (TPSA) is 44.3 Å². The van der Waals surface area contributed by atoms with E-state index in [0.717, 1.165) is 19.5 Å². The van der Waals surface area contributed by atoms with Crippen molar-refractivity contribution >= 4 is 0 Å². The standard InChI is InChI=1S/C10H22N2O/c1-7-6-11-5-4-10(7)12-8(2)9(3)13/h7-13H,4-6H2,1-3H3. The van der Waals surface area contributed by atoms with Gasteiger partial charge in [-0.25, -0.2) is 0 Å². The number of piperidine rings is 1. The van der Waals surface area contributed by atoms with Gasteiger partial charge in [-0.3, -0.25) is 0 Å². The lowest BCUT2D eigenvalue weighted by Gasteiger charge is -2.33. The van der Waals surface area contributed by atoms with Crippen molar-refractivity contribution in [2.45, 2.75) is 45.4 Å². The molecule has 4 unspecified atom stereocenters. The number of nitrogens with one attached hydrogen (secondary N) is 2. The lowest BCUT2D eigenvalue weighted by Crippen LogP contribution is -2.51. The van der Waals surface area contributed by atoms with E-state index < -0.39 is 0 Å². The van der Waals surface area contributed by atoms with E-state index in [0.29, 0.717) is 12.0 Å². The molecule has 0 bridgehead atoms. The minimum atomic E-state index is -0.262. The predicted molar refractivity (Wildman–Crippen MR) is 54.7 cm³/mol. The summed E-state index contributed by atoms with van der Waals surface area (Å²) >= 11 is 0. The van der Waals surface area contributed by atoms with E-state index in [-0.39, 0.29) is 12.1 Å². The molecule has 0 amide bonds. The average molecular weight is 186 g/mol. The average Bonchev–Trinajstić information content (AvgIpc) is 2.08. The Morgan fingerprint density at radius 1 is 1.46 bits per heavy atom. The van der Waals surface area contributed by atoms with Gasteiger partial charge in [-0.15, -0.1) is 0 Å². The molecule has 0 saturated carbocycles. The summed E-state index contributed by atoms with van der Waals surface area (Å²) in [6.45, 7) is 8.31. The summed E-state index contributed by atoms with van der Waals surface area (Å²) in [7, 11) is 0. The lowest BCUT2D eigenvalue weighted by atomic mass is 9.94. The fourth-order valence-electron chi connectivity index (χ4n) is 1.74.